The van der Waals surface area contributed by atoms with Gasteiger partial charge in [-0.05, 0) is 25.9 Å². The smallest absolute Gasteiger partial charge is 0.273 e. The molecule has 16 atom stereocenters. The summed E-state index contributed by atoms with van der Waals surface area (Å²) in [6.45, 7) is 1.80. The van der Waals surface area contributed by atoms with E-state index in [4.69, 9.17) is 53.0 Å². The number of carbonyl (C=O) groups excluding carboxylic acids is 1. The first kappa shape index (κ1) is 39.5. The van der Waals surface area contributed by atoms with Crippen LogP contribution in [0, 0.1) is 5.41 Å². The summed E-state index contributed by atoms with van der Waals surface area (Å²) in [4.78, 5) is 13.2. The molecule has 3 rings (SSSR count). The largest absolute Gasteiger partial charge is 0.394 e. The van der Waals surface area contributed by atoms with Crippen LogP contribution in [0.2, 0.25) is 0 Å². The molecule has 47 heavy (non-hydrogen) atoms. The number of nitrogens with two attached hydrogens (primary N) is 5. The van der Waals surface area contributed by atoms with Crippen LogP contribution in [0.1, 0.15) is 26.2 Å². The van der Waals surface area contributed by atoms with Crippen LogP contribution < -0.4 is 44.6 Å². The van der Waals surface area contributed by atoms with Gasteiger partial charge in [-0.25, -0.2) is 0 Å². The van der Waals surface area contributed by atoms with Crippen molar-refractivity contribution in [3.8, 4) is 0 Å². The fourth-order valence-corrected chi connectivity index (χ4v) is 5.81. The van der Waals surface area contributed by atoms with E-state index in [0.717, 1.165) is 0 Å². The number of aliphatic hydroxyl groups is 7. The van der Waals surface area contributed by atoms with Crippen LogP contribution in [-0.2, 0) is 23.7 Å². The van der Waals surface area contributed by atoms with Gasteiger partial charge in [-0.15, -0.1) is 0 Å². The Morgan fingerprint density at radius 2 is 1.57 bits per heavy atom. The van der Waals surface area contributed by atoms with Gasteiger partial charge in [0, 0.05) is 19.0 Å². The van der Waals surface area contributed by atoms with Crippen molar-refractivity contribution in [1.82, 2.24) is 16.0 Å². The van der Waals surface area contributed by atoms with Crippen molar-refractivity contribution in [1.29, 1.82) is 5.41 Å². The molecular weight excluding hydrogens is 630 g/mol. The average molecular weight is 684 g/mol. The molecule has 2 heterocycles. The van der Waals surface area contributed by atoms with Gasteiger partial charge in [0.25, 0.3) is 5.91 Å². The molecule has 0 bridgehead atoms. The molecular formula is C26H53N9O12. The molecule has 0 aromatic heterocycles. The van der Waals surface area contributed by atoms with E-state index in [2.05, 4.69) is 16.0 Å². The van der Waals surface area contributed by atoms with Crippen molar-refractivity contribution in [2.24, 2.45) is 28.7 Å². The standard InChI is InChI=1S/C26H53N9O12/c1-2-26(43,35-25(31)32)24(42)34-10-6-9(28)20(19(41)21(10)47-23-18(40)13(29)15(37)12(8-36)45-23)46-22-14(30)17(39)16(38)11(44-22)7-33-5-3-4-27/h9-23,33,36-41,43H,2-8,27-30H2,1H3,(H,34,42)(H4,31,32,35)/t9-,10+,11+,12+,13-,14+,15+,16+,17+,18+,19-,20?,21-,22+,23+,26?/m0/s1. The average Bonchev–Trinajstić information content (AvgIpc) is 3.03. The van der Waals surface area contributed by atoms with Gasteiger partial charge in [0.2, 0.25) is 5.72 Å². The van der Waals surface area contributed by atoms with Crippen LogP contribution in [0.4, 0.5) is 0 Å². The molecule has 21 nitrogen and oxygen atoms in total. The molecule has 3 aliphatic rings. The van der Waals surface area contributed by atoms with Crippen LogP contribution >= 0.6 is 0 Å². The number of rotatable bonds is 14. The Morgan fingerprint density at radius 3 is 2.17 bits per heavy atom. The van der Waals surface area contributed by atoms with Crippen molar-refractivity contribution >= 4 is 11.9 Å². The fraction of sp³-hybridized carbons (Fsp3) is 0.923. The highest BCUT2D eigenvalue weighted by Crippen LogP contribution is 2.32. The van der Waals surface area contributed by atoms with Gasteiger partial charge in [-0.3, -0.25) is 10.2 Å². The highest BCUT2D eigenvalue weighted by atomic mass is 16.7. The van der Waals surface area contributed by atoms with Crippen LogP contribution in [0.15, 0.2) is 0 Å². The quantitative estimate of drug-likeness (QED) is 0.0349. The second-order valence-corrected chi connectivity index (χ2v) is 12.2. The molecule has 1 aliphatic carbocycles. The first-order valence-electron chi connectivity index (χ1n) is 15.6. The van der Waals surface area contributed by atoms with Crippen molar-refractivity contribution in [3.05, 3.63) is 0 Å². The zero-order valence-corrected chi connectivity index (χ0v) is 26.2. The van der Waals surface area contributed by atoms with Crippen molar-refractivity contribution in [3.63, 3.8) is 0 Å². The SMILES string of the molecule is CCC(O)(NC(=N)N)C(=O)N[C@@H]1C[C@H](N)C(O[C@H]2O[C@H](CNCCCN)[C@@H](O)[C@H](O)[C@H]2N)[C@H](O)[C@H]1O[C@H]1O[C@H](CO)[C@@H](O)[C@H](N)[C@H]1O. The molecule has 1 amide bonds. The number of hydrogen-bond acceptors (Lipinski definition) is 18. The monoisotopic (exact) mass is 683 g/mol. The number of hydrogen-bond donors (Lipinski definition) is 16. The van der Waals surface area contributed by atoms with Crippen LogP contribution in [0.3, 0.4) is 0 Å². The molecule has 2 saturated heterocycles. The number of ether oxygens (including phenoxy) is 4. The summed E-state index contributed by atoms with van der Waals surface area (Å²) >= 11 is 0. The lowest BCUT2D eigenvalue weighted by molar-refractivity contribution is -0.320. The predicted octanol–water partition coefficient (Wildman–Crippen LogP) is -8.61. The lowest BCUT2D eigenvalue weighted by Gasteiger charge is -2.49. The van der Waals surface area contributed by atoms with Gasteiger partial charge >= 0.3 is 0 Å². The zero-order chi connectivity index (χ0) is 35.2. The number of guanidine groups is 1. The molecule has 0 aromatic rings. The first-order chi connectivity index (χ1) is 22.1. The minimum atomic E-state index is -2.35. The molecule has 2 unspecified atom stereocenters. The summed E-state index contributed by atoms with van der Waals surface area (Å²) in [5.74, 6) is -1.76. The number of aliphatic hydroxyl groups excluding tert-OH is 6. The Balaban J connectivity index is 1.87. The van der Waals surface area contributed by atoms with Crippen molar-refractivity contribution in [2.75, 3.05) is 26.2 Å². The minimum absolute atomic E-state index is 0.105. The van der Waals surface area contributed by atoms with E-state index in [-0.39, 0.29) is 19.4 Å². The second kappa shape index (κ2) is 17.2. The Hall–Kier alpha value is -1.90. The van der Waals surface area contributed by atoms with Crippen molar-refractivity contribution < 1.29 is 59.5 Å². The second-order valence-electron chi connectivity index (χ2n) is 12.2. The van der Waals surface area contributed by atoms with Gasteiger partial charge in [0.15, 0.2) is 18.5 Å². The summed E-state index contributed by atoms with van der Waals surface area (Å²) in [7, 11) is 0. The van der Waals surface area contributed by atoms with Crippen LogP contribution in [-0.4, -0.2) is 171 Å². The fourth-order valence-electron chi connectivity index (χ4n) is 5.81. The summed E-state index contributed by atoms with van der Waals surface area (Å²) in [5.41, 5.74) is 27.0. The summed E-state index contributed by atoms with van der Waals surface area (Å²) in [6.07, 6.45) is -15.7. The lowest BCUT2D eigenvalue weighted by atomic mass is 9.83. The van der Waals surface area contributed by atoms with E-state index in [0.29, 0.717) is 19.5 Å². The van der Waals surface area contributed by atoms with Gasteiger partial charge < -0.3 is 99.3 Å². The molecule has 1 saturated carbocycles. The number of amides is 1. The summed E-state index contributed by atoms with van der Waals surface area (Å²) < 4.78 is 23.4. The summed E-state index contributed by atoms with van der Waals surface area (Å²) in [6, 6.07) is -4.90. The third kappa shape index (κ3) is 9.21. The van der Waals surface area contributed by atoms with Gasteiger partial charge in [0.05, 0.1) is 24.7 Å². The van der Waals surface area contributed by atoms with E-state index in [1.54, 1.807) is 0 Å². The predicted molar refractivity (Wildman–Crippen MR) is 161 cm³/mol. The Kier molecular flexibility index (Phi) is 14.4. The highest BCUT2D eigenvalue weighted by molar-refractivity contribution is 5.89. The molecule has 21 heteroatoms. The Bertz CT molecular complexity index is 1020. The molecule has 2 aliphatic heterocycles. The molecule has 0 spiro atoms. The number of nitrogens with one attached hydrogen (secondary N) is 4. The van der Waals surface area contributed by atoms with E-state index in [1.165, 1.54) is 6.92 Å². The molecule has 0 aromatic carbocycles. The normalized spacial score (nSPS) is 42.3. The molecule has 3 fully saturated rings. The van der Waals surface area contributed by atoms with Crippen LogP contribution in [0.5, 0.6) is 0 Å². The lowest BCUT2D eigenvalue weighted by Crippen LogP contribution is -2.71. The highest BCUT2D eigenvalue weighted by Gasteiger charge is 2.53. The van der Waals surface area contributed by atoms with E-state index in [1.807, 2.05) is 0 Å². The molecule has 274 valence electrons. The summed E-state index contributed by atoms with van der Waals surface area (Å²) in [5, 5.41) is 89.5. The first-order valence-corrected chi connectivity index (χ1v) is 15.6. The minimum Gasteiger partial charge on any atom is -0.394 e. The topological polar surface area (TPSA) is 386 Å². The van der Waals surface area contributed by atoms with E-state index in [9.17, 15) is 40.5 Å². The van der Waals surface area contributed by atoms with Gasteiger partial charge in [0.1, 0.15) is 54.9 Å². The van der Waals surface area contributed by atoms with Gasteiger partial charge in [-0.1, -0.05) is 6.92 Å². The molecule has 0 radical (unpaired) electrons. The van der Waals surface area contributed by atoms with E-state index < -0.39 is 116 Å². The van der Waals surface area contributed by atoms with Crippen molar-refractivity contribution in [2.45, 2.75) is 124 Å². The Morgan fingerprint density at radius 1 is 0.936 bits per heavy atom. The zero-order valence-electron chi connectivity index (χ0n) is 26.2. The Labute approximate surface area is 271 Å². The molecule has 21 N–H and O–H groups in total. The van der Waals surface area contributed by atoms with Gasteiger partial charge in [-0.2, -0.15) is 0 Å². The van der Waals surface area contributed by atoms with Crippen LogP contribution in [0.25, 0.3) is 0 Å². The number of carbonyl (C=O) groups is 1. The third-order valence-corrected chi connectivity index (χ3v) is 8.73. The maximum Gasteiger partial charge on any atom is 0.273 e. The van der Waals surface area contributed by atoms with E-state index >= 15 is 0 Å². The third-order valence-electron chi connectivity index (χ3n) is 8.73. The maximum absolute atomic E-state index is 13.2. The maximum atomic E-state index is 13.2.